The quantitative estimate of drug-likeness (QED) is 0.365. The van der Waals surface area contributed by atoms with Gasteiger partial charge in [0.25, 0.3) is 0 Å². The Morgan fingerprint density at radius 2 is 1.96 bits per heavy atom. The van der Waals surface area contributed by atoms with Crippen molar-refractivity contribution in [3.05, 3.63) is 65.4 Å². The van der Waals surface area contributed by atoms with E-state index in [2.05, 4.69) is 29.6 Å². The van der Waals surface area contributed by atoms with Gasteiger partial charge in [-0.2, -0.15) is 0 Å². The van der Waals surface area contributed by atoms with Crippen LogP contribution in [-0.2, 0) is 6.42 Å². The van der Waals surface area contributed by atoms with E-state index in [0.29, 0.717) is 11.1 Å². The molecule has 0 spiro atoms. The van der Waals surface area contributed by atoms with E-state index in [4.69, 9.17) is 9.62 Å². The number of aryl methyl sites for hydroxylation is 2. The summed E-state index contributed by atoms with van der Waals surface area (Å²) in [5, 5.41) is 13.0. The minimum Gasteiger partial charge on any atom is -0.451 e. The summed E-state index contributed by atoms with van der Waals surface area (Å²) in [5.74, 6) is -0.505. The Balaban J connectivity index is 1.65. The molecule has 2 aromatic carbocycles. The fraction of sp³-hybridized carbons (Fsp3) is 0.211. The highest BCUT2D eigenvalue weighted by molar-refractivity contribution is 5.99. The van der Waals surface area contributed by atoms with Crippen molar-refractivity contribution in [3.8, 4) is 0 Å². The van der Waals surface area contributed by atoms with Crippen LogP contribution in [0.2, 0.25) is 0 Å². The topological polar surface area (TPSA) is 74.5 Å². The molecule has 24 heavy (non-hydrogen) atoms. The number of carbonyl (C=O) groups excluding carboxylic acids is 1. The molecule has 0 bridgehead atoms. The molecular formula is C19H20N2O3. The maximum absolute atomic E-state index is 11.6. The number of benzene rings is 2. The minimum absolute atomic E-state index is 0.133. The fourth-order valence-corrected chi connectivity index (χ4v) is 2.77. The second-order valence-electron chi connectivity index (χ2n) is 5.72. The van der Waals surface area contributed by atoms with Gasteiger partial charge in [-0.3, -0.25) is 10.0 Å². The molecule has 1 amide bonds. The van der Waals surface area contributed by atoms with Crippen molar-refractivity contribution in [3.63, 3.8) is 0 Å². The molecule has 0 aliphatic carbocycles. The molecule has 0 radical (unpaired) electrons. The lowest BCUT2D eigenvalue weighted by Crippen LogP contribution is -2.18. The zero-order valence-corrected chi connectivity index (χ0v) is 13.5. The molecule has 0 aliphatic heterocycles. The van der Waals surface area contributed by atoms with Crippen LogP contribution in [0.3, 0.4) is 0 Å². The average molecular weight is 324 g/mol. The molecule has 0 aliphatic rings. The molecule has 5 nitrogen and oxygen atoms in total. The van der Waals surface area contributed by atoms with Gasteiger partial charge in [0.2, 0.25) is 0 Å². The third-order valence-corrected chi connectivity index (χ3v) is 4.06. The maximum atomic E-state index is 11.6. The highest BCUT2D eigenvalue weighted by atomic mass is 16.5. The van der Waals surface area contributed by atoms with E-state index in [0.717, 1.165) is 30.5 Å². The van der Waals surface area contributed by atoms with E-state index in [1.165, 1.54) is 5.56 Å². The van der Waals surface area contributed by atoms with Crippen LogP contribution in [0.4, 0.5) is 5.69 Å². The zero-order chi connectivity index (χ0) is 16.9. The zero-order valence-electron chi connectivity index (χ0n) is 13.5. The standard InChI is InChI=1S/C19H20N2O3/c1-13-16-12-15(9-10-17(16)24-18(13)19(22)21-23)20-11-5-8-14-6-3-2-4-7-14/h2-4,6-7,9-10,12,20,23H,5,8,11H2,1H3,(H,21,22). The number of nitrogens with one attached hydrogen (secondary N) is 2. The first-order valence-electron chi connectivity index (χ1n) is 7.94. The van der Waals surface area contributed by atoms with Crippen molar-refractivity contribution in [2.45, 2.75) is 19.8 Å². The van der Waals surface area contributed by atoms with E-state index in [9.17, 15) is 4.79 Å². The van der Waals surface area contributed by atoms with E-state index in [1.807, 2.05) is 24.3 Å². The van der Waals surface area contributed by atoms with E-state index in [-0.39, 0.29) is 5.76 Å². The minimum atomic E-state index is -0.638. The molecule has 3 N–H and O–H groups in total. The van der Waals surface area contributed by atoms with Crippen LogP contribution in [0.25, 0.3) is 11.0 Å². The maximum Gasteiger partial charge on any atom is 0.310 e. The lowest BCUT2D eigenvalue weighted by molar-refractivity contribution is 0.0677. The van der Waals surface area contributed by atoms with E-state index >= 15 is 0 Å². The lowest BCUT2D eigenvalue weighted by atomic mass is 10.1. The van der Waals surface area contributed by atoms with Crippen LogP contribution < -0.4 is 10.8 Å². The molecule has 0 saturated carbocycles. The highest BCUT2D eigenvalue weighted by Gasteiger charge is 2.17. The lowest BCUT2D eigenvalue weighted by Gasteiger charge is -2.06. The second-order valence-corrected chi connectivity index (χ2v) is 5.72. The summed E-state index contributed by atoms with van der Waals surface area (Å²) < 4.78 is 5.49. The Morgan fingerprint density at radius 3 is 2.71 bits per heavy atom. The van der Waals surface area contributed by atoms with Crippen LogP contribution in [0.5, 0.6) is 0 Å². The Hall–Kier alpha value is -2.79. The predicted octanol–water partition coefficient (Wildman–Crippen LogP) is 3.90. The summed E-state index contributed by atoms with van der Waals surface area (Å²) in [4.78, 5) is 11.6. The van der Waals surface area contributed by atoms with Gasteiger partial charge in [0.15, 0.2) is 5.76 Å². The summed E-state index contributed by atoms with van der Waals surface area (Å²) >= 11 is 0. The molecule has 0 unspecified atom stereocenters. The Morgan fingerprint density at radius 1 is 1.17 bits per heavy atom. The van der Waals surface area contributed by atoms with Gasteiger partial charge in [0, 0.05) is 23.2 Å². The van der Waals surface area contributed by atoms with Gasteiger partial charge in [-0.15, -0.1) is 0 Å². The normalized spacial score (nSPS) is 10.8. The third kappa shape index (κ3) is 3.41. The van der Waals surface area contributed by atoms with Gasteiger partial charge in [-0.05, 0) is 43.5 Å². The number of hydrogen-bond acceptors (Lipinski definition) is 4. The van der Waals surface area contributed by atoms with Crippen molar-refractivity contribution in [2.75, 3.05) is 11.9 Å². The third-order valence-electron chi connectivity index (χ3n) is 4.06. The molecule has 0 fully saturated rings. The van der Waals surface area contributed by atoms with Crippen molar-refractivity contribution in [1.82, 2.24) is 5.48 Å². The van der Waals surface area contributed by atoms with Gasteiger partial charge in [0.1, 0.15) is 5.58 Å². The molecule has 124 valence electrons. The molecule has 0 saturated heterocycles. The van der Waals surface area contributed by atoms with Gasteiger partial charge >= 0.3 is 5.91 Å². The fourth-order valence-electron chi connectivity index (χ4n) is 2.77. The van der Waals surface area contributed by atoms with Crippen LogP contribution in [0, 0.1) is 6.92 Å². The Bertz CT molecular complexity index is 840. The summed E-state index contributed by atoms with van der Waals surface area (Å²) in [6, 6.07) is 16.1. The molecule has 5 heteroatoms. The predicted molar refractivity (Wildman–Crippen MR) is 93.5 cm³/mol. The van der Waals surface area contributed by atoms with Gasteiger partial charge in [-0.25, -0.2) is 5.48 Å². The highest BCUT2D eigenvalue weighted by Crippen LogP contribution is 2.28. The SMILES string of the molecule is Cc1c(C(=O)NO)oc2ccc(NCCCc3ccccc3)cc12. The summed E-state index contributed by atoms with van der Waals surface area (Å²) in [5.41, 5.74) is 5.26. The summed E-state index contributed by atoms with van der Waals surface area (Å²) in [7, 11) is 0. The van der Waals surface area contributed by atoms with Gasteiger partial charge in [-0.1, -0.05) is 30.3 Å². The average Bonchev–Trinajstić information content (AvgIpc) is 2.95. The molecule has 3 aromatic rings. The number of anilines is 1. The second kappa shape index (κ2) is 7.19. The Labute approximate surface area is 140 Å². The van der Waals surface area contributed by atoms with Crippen LogP contribution in [0.1, 0.15) is 28.1 Å². The molecule has 0 atom stereocenters. The number of hydroxylamine groups is 1. The number of fused-ring (bicyclic) bond motifs is 1. The van der Waals surface area contributed by atoms with Crippen LogP contribution in [0.15, 0.2) is 52.9 Å². The first-order chi connectivity index (χ1) is 11.7. The van der Waals surface area contributed by atoms with Crippen LogP contribution in [-0.4, -0.2) is 17.7 Å². The number of furan rings is 1. The first kappa shape index (κ1) is 16.1. The number of amides is 1. The van der Waals surface area contributed by atoms with Gasteiger partial charge < -0.3 is 9.73 Å². The molecule has 1 aromatic heterocycles. The first-order valence-corrected chi connectivity index (χ1v) is 7.94. The van der Waals surface area contributed by atoms with Crippen molar-refractivity contribution in [1.29, 1.82) is 0 Å². The summed E-state index contributed by atoms with van der Waals surface area (Å²) in [6.07, 6.45) is 2.06. The van der Waals surface area contributed by atoms with Crippen molar-refractivity contribution in [2.24, 2.45) is 0 Å². The molecule has 3 rings (SSSR count). The Kier molecular flexibility index (Phi) is 4.82. The molecule has 1 heterocycles. The van der Waals surface area contributed by atoms with Crippen molar-refractivity contribution < 1.29 is 14.4 Å². The van der Waals surface area contributed by atoms with Crippen molar-refractivity contribution >= 4 is 22.6 Å². The van der Waals surface area contributed by atoms with E-state index in [1.54, 1.807) is 12.4 Å². The summed E-state index contributed by atoms with van der Waals surface area (Å²) in [6.45, 7) is 2.66. The largest absolute Gasteiger partial charge is 0.451 e. The monoisotopic (exact) mass is 324 g/mol. The number of carbonyl (C=O) groups is 1. The smallest absolute Gasteiger partial charge is 0.310 e. The van der Waals surface area contributed by atoms with Gasteiger partial charge in [0.05, 0.1) is 0 Å². The number of hydrogen-bond donors (Lipinski definition) is 3. The number of rotatable bonds is 6. The van der Waals surface area contributed by atoms with E-state index < -0.39 is 5.91 Å². The molecular weight excluding hydrogens is 304 g/mol. The van der Waals surface area contributed by atoms with Crippen LogP contribution >= 0.6 is 0 Å².